The molecule has 0 unspecified atom stereocenters. The van der Waals surface area contributed by atoms with Crippen molar-refractivity contribution in [2.75, 3.05) is 44.3 Å². The second-order valence-electron chi connectivity index (χ2n) is 15.7. The lowest BCUT2D eigenvalue weighted by atomic mass is 9.71. The lowest BCUT2D eigenvalue weighted by Crippen LogP contribution is -2.58. The van der Waals surface area contributed by atoms with Crippen LogP contribution in [0.5, 0.6) is 0 Å². The van der Waals surface area contributed by atoms with Crippen molar-refractivity contribution in [3.8, 4) is 0 Å². The molecule has 6 aliphatic rings. The summed E-state index contributed by atoms with van der Waals surface area (Å²) in [7, 11) is -0.470. The molecule has 1 aliphatic carbocycles. The van der Waals surface area contributed by atoms with E-state index in [1.54, 1.807) is 0 Å². The van der Waals surface area contributed by atoms with Gasteiger partial charge in [-0.05, 0) is 95.3 Å². The summed E-state index contributed by atoms with van der Waals surface area (Å²) in [6.45, 7) is 17.7. The van der Waals surface area contributed by atoms with Gasteiger partial charge in [0.15, 0.2) is 0 Å². The van der Waals surface area contributed by atoms with Gasteiger partial charge >= 0.3 is 7.12 Å². The molecule has 4 saturated heterocycles. The largest absolute Gasteiger partial charge is 0.494 e. The minimum absolute atomic E-state index is 0.0351. The van der Waals surface area contributed by atoms with Gasteiger partial charge in [-0.2, -0.15) is 0 Å². The Bertz CT molecular complexity index is 1240. The first kappa shape index (κ1) is 28.8. The molecule has 7 rings (SSSR count). The number of carbonyl (C=O) groups excluding carboxylic acids is 2. The van der Waals surface area contributed by atoms with Crippen LogP contribution in [0, 0.1) is 11.3 Å². The Morgan fingerprint density at radius 3 is 2.21 bits per heavy atom. The molecule has 42 heavy (non-hydrogen) atoms. The van der Waals surface area contributed by atoms with Crippen molar-refractivity contribution in [3.63, 3.8) is 0 Å². The van der Waals surface area contributed by atoms with Crippen molar-refractivity contribution in [1.82, 2.24) is 9.80 Å². The molecule has 0 bridgehead atoms. The molecular formula is C33H48BN3O5. The summed E-state index contributed by atoms with van der Waals surface area (Å²) < 4.78 is 18.3. The van der Waals surface area contributed by atoms with Crippen molar-refractivity contribution >= 4 is 30.1 Å². The van der Waals surface area contributed by atoms with Gasteiger partial charge in [-0.1, -0.05) is 26.0 Å². The average Bonchev–Trinajstić information content (AvgIpc) is 3.66. The minimum Gasteiger partial charge on any atom is -0.399 e. The summed E-state index contributed by atoms with van der Waals surface area (Å²) in [6, 6.07) is 7.18. The minimum atomic E-state index is -0.576. The predicted octanol–water partition coefficient (Wildman–Crippen LogP) is 3.49. The lowest BCUT2D eigenvalue weighted by molar-refractivity contribution is -0.139. The van der Waals surface area contributed by atoms with E-state index in [-0.39, 0.29) is 23.8 Å². The zero-order valence-electron chi connectivity index (χ0n) is 26.4. The first-order valence-corrected chi connectivity index (χ1v) is 16.2. The maximum Gasteiger partial charge on any atom is 0.494 e. The summed E-state index contributed by atoms with van der Waals surface area (Å²) in [4.78, 5) is 34.6. The third-order valence-corrected chi connectivity index (χ3v) is 11.8. The van der Waals surface area contributed by atoms with Gasteiger partial charge in [-0.3, -0.25) is 14.5 Å². The molecule has 5 aliphatic heterocycles. The molecule has 0 aromatic heterocycles. The molecule has 1 saturated carbocycles. The van der Waals surface area contributed by atoms with Gasteiger partial charge in [-0.25, -0.2) is 0 Å². The van der Waals surface area contributed by atoms with Crippen LogP contribution in [0.1, 0.15) is 85.6 Å². The number of carbonyl (C=O) groups is 2. The smallest absolute Gasteiger partial charge is 0.399 e. The fourth-order valence-corrected chi connectivity index (χ4v) is 8.21. The molecule has 1 aromatic carbocycles. The van der Waals surface area contributed by atoms with Crippen LogP contribution in [0.25, 0.3) is 0 Å². The number of rotatable bonds is 4. The number of fused-ring (bicyclic) bond motifs is 2. The van der Waals surface area contributed by atoms with Crippen molar-refractivity contribution in [2.45, 2.75) is 109 Å². The van der Waals surface area contributed by atoms with E-state index in [0.717, 1.165) is 49.1 Å². The van der Waals surface area contributed by atoms with Crippen molar-refractivity contribution < 1.29 is 23.6 Å². The number of hydrogen-bond donors (Lipinski definition) is 0. The number of hydrogen-bond acceptors (Lipinski definition) is 6. The second kappa shape index (κ2) is 9.78. The van der Waals surface area contributed by atoms with Crippen molar-refractivity contribution in [1.29, 1.82) is 0 Å². The Hall–Kier alpha value is -1.94. The monoisotopic (exact) mass is 577 g/mol. The molecule has 2 amide bonds. The number of amides is 2. The molecule has 1 aromatic rings. The molecule has 0 radical (unpaired) electrons. The highest BCUT2D eigenvalue weighted by atomic mass is 16.7. The van der Waals surface area contributed by atoms with Crippen LogP contribution in [0.4, 0.5) is 5.69 Å². The van der Waals surface area contributed by atoms with Crippen LogP contribution in [-0.4, -0.2) is 91.4 Å². The van der Waals surface area contributed by atoms with Crippen molar-refractivity contribution in [2.24, 2.45) is 11.3 Å². The second-order valence-corrected chi connectivity index (χ2v) is 15.7. The third kappa shape index (κ3) is 4.48. The Morgan fingerprint density at radius 1 is 0.929 bits per heavy atom. The lowest BCUT2D eigenvalue weighted by Gasteiger charge is -2.46. The third-order valence-electron chi connectivity index (χ3n) is 11.8. The molecular weight excluding hydrogens is 529 g/mol. The van der Waals surface area contributed by atoms with Crippen LogP contribution in [0.2, 0.25) is 0 Å². The Labute approximate surface area is 251 Å². The normalized spacial score (nSPS) is 33.0. The van der Waals surface area contributed by atoms with Crippen LogP contribution in [-0.2, 0) is 29.0 Å². The van der Waals surface area contributed by atoms with Crippen LogP contribution >= 0.6 is 0 Å². The number of anilines is 1. The van der Waals surface area contributed by atoms with E-state index in [1.165, 1.54) is 6.42 Å². The molecule has 5 fully saturated rings. The summed E-state index contributed by atoms with van der Waals surface area (Å²) in [5.74, 6) is 0.383. The van der Waals surface area contributed by atoms with Gasteiger partial charge in [0.2, 0.25) is 11.8 Å². The van der Waals surface area contributed by atoms with Crippen molar-refractivity contribution in [3.05, 3.63) is 23.8 Å². The predicted molar refractivity (Wildman–Crippen MR) is 163 cm³/mol. The van der Waals surface area contributed by atoms with Gasteiger partial charge in [0, 0.05) is 44.0 Å². The number of piperidine rings is 1. The highest BCUT2D eigenvalue weighted by Gasteiger charge is 2.57. The SMILES string of the molecule is CC1(C)CCN(C2CC(N3C(=O)C4(CCN(C(=O)[C@H]5CCOC5)CC4)c4ccc(B5OC(C)(C)C(C)(C)O5)cc43)C2)C1. The summed E-state index contributed by atoms with van der Waals surface area (Å²) in [5, 5.41) is 0. The maximum absolute atomic E-state index is 14.6. The van der Waals surface area contributed by atoms with Gasteiger partial charge in [0.1, 0.15) is 0 Å². The Kier molecular flexibility index (Phi) is 6.71. The van der Waals surface area contributed by atoms with Gasteiger partial charge in [0.05, 0.1) is 29.1 Å². The fourth-order valence-electron chi connectivity index (χ4n) is 8.21. The fraction of sp³-hybridized carbons (Fsp3) is 0.758. The van der Waals surface area contributed by atoms with Crippen LogP contribution in [0.3, 0.4) is 0 Å². The summed E-state index contributed by atoms with van der Waals surface area (Å²) in [6.07, 6.45) is 5.41. The topological polar surface area (TPSA) is 71.6 Å². The van der Waals surface area contributed by atoms with E-state index in [1.807, 2.05) is 4.90 Å². The standard InChI is InChI=1S/C33H48BN3O5/c1-30(2)10-13-36(21-30)24-18-25(19-24)37-27-17-23(34-41-31(3,4)32(5,6)42-34)7-8-26(27)33(29(37)39)11-14-35(15-12-33)28(38)22-9-16-40-20-22/h7-8,17,22,24-25H,9-16,18-21H2,1-6H3/t22-,24?,25?/m0/s1. The van der Waals surface area contributed by atoms with E-state index in [2.05, 4.69) is 69.5 Å². The van der Waals surface area contributed by atoms with E-state index in [4.69, 9.17) is 14.0 Å². The molecule has 0 N–H and O–H groups in total. The van der Waals surface area contributed by atoms with Gasteiger partial charge in [0.25, 0.3) is 0 Å². The molecule has 1 atom stereocenters. The highest BCUT2D eigenvalue weighted by molar-refractivity contribution is 6.62. The Balaban J connectivity index is 1.16. The first-order chi connectivity index (χ1) is 19.8. The zero-order chi connectivity index (χ0) is 29.7. The van der Waals surface area contributed by atoms with E-state index >= 15 is 0 Å². The van der Waals surface area contributed by atoms with Crippen LogP contribution < -0.4 is 10.4 Å². The Morgan fingerprint density at radius 2 is 1.62 bits per heavy atom. The molecule has 1 spiro atoms. The first-order valence-electron chi connectivity index (χ1n) is 16.2. The number of benzene rings is 1. The summed E-state index contributed by atoms with van der Waals surface area (Å²) in [5.41, 5.74) is 2.06. The number of ether oxygens (including phenoxy) is 1. The van der Waals surface area contributed by atoms with Crippen LogP contribution in [0.15, 0.2) is 18.2 Å². The van der Waals surface area contributed by atoms with E-state index in [0.29, 0.717) is 50.6 Å². The van der Waals surface area contributed by atoms with E-state index < -0.39 is 23.7 Å². The number of likely N-dealkylation sites (tertiary alicyclic amines) is 2. The van der Waals surface area contributed by atoms with Gasteiger partial charge in [-0.15, -0.1) is 0 Å². The number of nitrogens with zero attached hydrogens (tertiary/aromatic N) is 3. The summed E-state index contributed by atoms with van der Waals surface area (Å²) >= 11 is 0. The van der Waals surface area contributed by atoms with Gasteiger partial charge < -0.3 is 23.8 Å². The maximum atomic E-state index is 14.6. The quantitative estimate of drug-likeness (QED) is 0.511. The average molecular weight is 578 g/mol. The highest BCUT2D eigenvalue weighted by Crippen LogP contribution is 2.51. The zero-order valence-corrected chi connectivity index (χ0v) is 26.4. The molecule has 9 heteroatoms. The molecule has 8 nitrogen and oxygen atoms in total. The molecule has 228 valence electrons. The van der Waals surface area contributed by atoms with E-state index in [9.17, 15) is 9.59 Å². The molecule has 5 heterocycles.